The molecule has 2 unspecified atom stereocenters. The highest BCUT2D eigenvalue weighted by Crippen LogP contribution is 2.44. The molecule has 0 aromatic heterocycles. The SMILES string of the molecule is CC(CNC(=O)OCC1c2ccccc2-c2ccccc21)C(=O)NC(C)(C(=O)O)C(F)(F)F. The molecule has 33 heavy (non-hydrogen) atoms. The smallest absolute Gasteiger partial charge is 0.422 e. The molecular weight excluding hydrogens is 441 g/mol. The molecule has 0 saturated heterocycles. The van der Waals surface area contributed by atoms with Gasteiger partial charge in [0.05, 0.1) is 5.92 Å². The van der Waals surface area contributed by atoms with E-state index in [0.29, 0.717) is 6.92 Å². The molecule has 3 rings (SSSR count). The van der Waals surface area contributed by atoms with Crippen molar-refractivity contribution in [2.75, 3.05) is 13.2 Å². The number of carbonyl (C=O) groups excluding carboxylic acids is 2. The minimum atomic E-state index is -5.20. The standard InChI is InChI=1S/C23H23F3N2O5/c1-13(19(29)28-22(2,20(30)31)23(24,25)26)11-27-21(32)33-12-18-16-9-5-3-7-14(16)15-8-4-6-10-17(15)18/h3-10,13,18H,11-12H2,1-2H3,(H,27,32)(H,28,29)(H,30,31). The number of alkyl carbamates (subject to hydrolysis) is 1. The summed E-state index contributed by atoms with van der Waals surface area (Å²) >= 11 is 0. The molecule has 2 atom stereocenters. The van der Waals surface area contributed by atoms with Gasteiger partial charge in [0.15, 0.2) is 0 Å². The molecule has 3 N–H and O–H groups in total. The summed E-state index contributed by atoms with van der Waals surface area (Å²) in [5.41, 5.74) is 0.693. The van der Waals surface area contributed by atoms with E-state index in [1.807, 2.05) is 48.5 Å². The maximum Gasteiger partial charge on any atom is 0.422 e. The van der Waals surface area contributed by atoms with Gasteiger partial charge >= 0.3 is 18.2 Å². The van der Waals surface area contributed by atoms with Crippen LogP contribution in [-0.2, 0) is 14.3 Å². The molecule has 0 fully saturated rings. The maximum absolute atomic E-state index is 13.1. The zero-order valence-corrected chi connectivity index (χ0v) is 17.9. The van der Waals surface area contributed by atoms with Gasteiger partial charge in [-0.2, -0.15) is 13.2 Å². The van der Waals surface area contributed by atoms with Crippen LogP contribution in [0.4, 0.5) is 18.0 Å². The van der Waals surface area contributed by atoms with Crippen LogP contribution in [0.2, 0.25) is 0 Å². The molecule has 0 bridgehead atoms. The van der Waals surface area contributed by atoms with Crippen LogP contribution >= 0.6 is 0 Å². The molecule has 1 aliphatic rings. The highest BCUT2D eigenvalue weighted by molar-refractivity contribution is 5.88. The highest BCUT2D eigenvalue weighted by Gasteiger charge is 2.58. The fourth-order valence-electron chi connectivity index (χ4n) is 3.59. The summed E-state index contributed by atoms with van der Waals surface area (Å²) in [6, 6.07) is 15.5. The number of hydrogen-bond donors (Lipinski definition) is 3. The topological polar surface area (TPSA) is 105 Å². The number of rotatable bonds is 7. The second-order valence-corrected chi connectivity index (χ2v) is 8.02. The predicted octanol–water partition coefficient (Wildman–Crippen LogP) is 3.68. The lowest BCUT2D eigenvalue weighted by Gasteiger charge is -2.29. The van der Waals surface area contributed by atoms with E-state index in [-0.39, 0.29) is 19.1 Å². The van der Waals surface area contributed by atoms with Gasteiger partial charge in [-0.05, 0) is 29.2 Å². The van der Waals surface area contributed by atoms with Crippen LogP contribution in [0, 0.1) is 5.92 Å². The largest absolute Gasteiger partial charge is 0.479 e. The average molecular weight is 464 g/mol. The summed E-state index contributed by atoms with van der Waals surface area (Å²) in [4.78, 5) is 35.3. The van der Waals surface area contributed by atoms with Gasteiger partial charge in [0.2, 0.25) is 11.4 Å². The second kappa shape index (κ2) is 9.13. The number of alkyl halides is 3. The highest BCUT2D eigenvalue weighted by atomic mass is 19.4. The van der Waals surface area contributed by atoms with Gasteiger partial charge in [-0.15, -0.1) is 0 Å². The van der Waals surface area contributed by atoms with Crippen molar-refractivity contribution in [3.63, 3.8) is 0 Å². The van der Waals surface area contributed by atoms with E-state index in [1.165, 1.54) is 12.2 Å². The molecule has 176 valence electrons. The number of halogens is 3. The van der Waals surface area contributed by atoms with E-state index in [2.05, 4.69) is 5.32 Å². The van der Waals surface area contributed by atoms with Crippen LogP contribution in [0.15, 0.2) is 48.5 Å². The molecule has 7 nitrogen and oxygen atoms in total. The van der Waals surface area contributed by atoms with Gasteiger partial charge in [0.25, 0.3) is 0 Å². The fraction of sp³-hybridized carbons (Fsp3) is 0.348. The average Bonchev–Trinajstić information content (AvgIpc) is 3.08. The van der Waals surface area contributed by atoms with Gasteiger partial charge in [0.1, 0.15) is 6.61 Å². The van der Waals surface area contributed by atoms with E-state index >= 15 is 0 Å². The Hall–Kier alpha value is -3.56. The lowest BCUT2D eigenvalue weighted by molar-refractivity contribution is -0.207. The lowest BCUT2D eigenvalue weighted by atomic mass is 9.98. The molecule has 0 spiro atoms. The van der Waals surface area contributed by atoms with Crippen molar-refractivity contribution in [2.24, 2.45) is 5.92 Å². The number of carboxylic acids is 1. The minimum Gasteiger partial charge on any atom is -0.479 e. The van der Waals surface area contributed by atoms with Crippen LogP contribution in [0.25, 0.3) is 11.1 Å². The third kappa shape index (κ3) is 4.79. The monoisotopic (exact) mass is 464 g/mol. The Morgan fingerprint density at radius 3 is 2.03 bits per heavy atom. The zero-order chi connectivity index (χ0) is 24.4. The fourth-order valence-corrected chi connectivity index (χ4v) is 3.59. The molecule has 0 heterocycles. The van der Waals surface area contributed by atoms with Crippen molar-refractivity contribution in [1.82, 2.24) is 10.6 Å². The first-order chi connectivity index (χ1) is 15.5. The van der Waals surface area contributed by atoms with Crippen molar-refractivity contribution >= 4 is 18.0 Å². The summed E-state index contributed by atoms with van der Waals surface area (Å²) in [5, 5.41) is 12.7. The Morgan fingerprint density at radius 2 is 1.55 bits per heavy atom. The quantitative estimate of drug-likeness (QED) is 0.580. The number of benzene rings is 2. The summed E-state index contributed by atoms with van der Waals surface area (Å²) in [6.07, 6.45) is -6.04. The molecule has 2 aromatic carbocycles. The first kappa shape index (κ1) is 24.1. The van der Waals surface area contributed by atoms with Crippen molar-refractivity contribution < 1.29 is 37.4 Å². The van der Waals surface area contributed by atoms with E-state index in [1.54, 1.807) is 0 Å². The molecule has 0 aliphatic heterocycles. The van der Waals surface area contributed by atoms with E-state index in [9.17, 15) is 27.6 Å². The van der Waals surface area contributed by atoms with Gasteiger partial charge in [-0.3, -0.25) is 4.79 Å². The Morgan fingerprint density at radius 1 is 1.03 bits per heavy atom. The number of fused-ring (bicyclic) bond motifs is 3. The van der Waals surface area contributed by atoms with Gasteiger partial charge < -0.3 is 20.5 Å². The molecule has 0 radical (unpaired) electrons. The van der Waals surface area contributed by atoms with Crippen molar-refractivity contribution in [3.8, 4) is 11.1 Å². The number of ether oxygens (including phenoxy) is 1. The normalized spacial score (nSPS) is 15.5. The third-order valence-corrected chi connectivity index (χ3v) is 5.71. The summed E-state index contributed by atoms with van der Waals surface area (Å²) in [6.45, 7) is 1.32. The summed E-state index contributed by atoms with van der Waals surface area (Å²) < 4.78 is 44.5. The van der Waals surface area contributed by atoms with Crippen LogP contribution in [0.5, 0.6) is 0 Å². The Balaban J connectivity index is 1.56. The second-order valence-electron chi connectivity index (χ2n) is 8.02. The van der Waals surface area contributed by atoms with Crippen molar-refractivity contribution in [1.29, 1.82) is 0 Å². The number of carboxylic acid groups (broad SMARTS) is 1. The van der Waals surface area contributed by atoms with Crippen molar-refractivity contribution in [3.05, 3.63) is 59.7 Å². The zero-order valence-electron chi connectivity index (χ0n) is 17.9. The van der Waals surface area contributed by atoms with Gasteiger partial charge in [-0.25, -0.2) is 9.59 Å². The van der Waals surface area contributed by atoms with Gasteiger partial charge in [-0.1, -0.05) is 55.5 Å². The predicted molar refractivity (Wildman–Crippen MR) is 112 cm³/mol. The Labute approximate surface area is 187 Å². The number of amides is 2. The molecular formula is C23H23F3N2O5. The van der Waals surface area contributed by atoms with E-state index in [0.717, 1.165) is 22.3 Å². The number of hydrogen-bond acceptors (Lipinski definition) is 4. The van der Waals surface area contributed by atoms with E-state index < -0.39 is 35.6 Å². The van der Waals surface area contributed by atoms with Crippen LogP contribution < -0.4 is 10.6 Å². The lowest BCUT2D eigenvalue weighted by Crippen LogP contribution is -2.63. The first-order valence-corrected chi connectivity index (χ1v) is 10.2. The van der Waals surface area contributed by atoms with Crippen molar-refractivity contribution in [2.45, 2.75) is 31.5 Å². The maximum atomic E-state index is 13.1. The van der Waals surface area contributed by atoms with Crippen LogP contribution in [-0.4, -0.2) is 47.9 Å². The third-order valence-electron chi connectivity index (χ3n) is 5.71. The minimum absolute atomic E-state index is 0.0333. The Kier molecular flexibility index (Phi) is 6.66. The molecule has 1 aliphatic carbocycles. The van der Waals surface area contributed by atoms with E-state index in [4.69, 9.17) is 9.84 Å². The Bertz CT molecular complexity index is 1030. The molecule has 2 amide bonds. The number of aliphatic carboxylic acids is 1. The number of nitrogens with one attached hydrogen (secondary N) is 2. The molecule has 10 heteroatoms. The molecule has 2 aromatic rings. The van der Waals surface area contributed by atoms with Crippen LogP contribution in [0.1, 0.15) is 30.9 Å². The summed E-state index contributed by atoms with van der Waals surface area (Å²) in [5.74, 6) is -4.71. The summed E-state index contributed by atoms with van der Waals surface area (Å²) in [7, 11) is 0. The molecule has 0 saturated carbocycles. The van der Waals surface area contributed by atoms with Crippen LogP contribution in [0.3, 0.4) is 0 Å². The van der Waals surface area contributed by atoms with Gasteiger partial charge in [0, 0.05) is 12.5 Å². The first-order valence-electron chi connectivity index (χ1n) is 10.2. The number of carbonyl (C=O) groups is 3.